The molecule has 0 radical (unpaired) electrons. The number of hydrogen-bond acceptors (Lipinski definition) is 3. The van der Waals surface area contributed by atoms with Gasteiger partial charge in [0.05, 0.1) is 0 Å². The van der Waals surface area contributed by atoms with Crippen molar-refractivity contribution in [3.63, 3.8) is 0 Å². The van der Waals surface area contributed by atoms with E-state index in [0.717, 1.165) is 10.1 Å². The van der Waals surface area contributed by atoms with Crippen molar-refractivity contribution in [2.45, 2.75) is 6.92 Å². The molecule has 1 heterocycles. The molecule has 2 aromatic rings. The maximum absolute atomic E-state index is 12.2. The van der Waals surface area contributed by atoms with Crippen molar-refractivity contribution in [1.29, 1.82) is 0 Å². The normalized spacial score (nSPS) is 10.3. The van der Waals surface area contributed by atoms with Gasteiger partial charge in [-0.1, -0.05) is 18.2 Å². The average molecular weight is 273 g/mol. The zero-order valence-electron chi connectivity index (χ0n) is 11.5. The molecule has 0 aliphatic carbocycles. The molecule has 0 unspecified atom stereocenters. The molecule has 0 bridgehead atoms. The van der Waals surface area contributed by atoms with Crippen molar-refractivity contribution < 1.29 is 4.79 Å². The van der Waals surface area contributed by atoms with Crippen LogP contribution in [0.15, 0.2) is 40.1 Å². The van der Waals surface area contributed by atoms with Crippen LogP contribution >= 0.6 is 0 Å². The van der Waals surface area contributed by atoms with Crippen LogP contribution in [0.3, 0.4) is 0 Å². The number of amides is 1. The minimum atomic E-state index is -0.612. The van der Waals surface area contributed by atoms with Crippen LogP contribution in [-0.4, -0.2) is 15.0 Å². The third-order valence-corrected chi connectivity index (χ3v) is 3.08. The third kappa shape index (κ3) is 2.40. The highest BCUT2D eigenvalue weighted by Crippen LogP contribution is 2.13. The molecule has 6 nitrogen and oxygen atoms in total. The third-order valence-electron chi connectivity index (χ3n) is 3.08. The predicted molar refractivity (Wildman–Crippen MR) is 76.1 cm³/mol. The van der Waals surface area contributed by atoms with Crippen LogP contribution in [0.5, 0.6) is 0 Å². The Morgan fingerprint density at radius 2 is 1.80 bits per heavy atom. The van der Waals surface area contributed by atoms with E-state index in [9.17, 15) is 14.4 Å². The van der Waals surface area contributed by atoms with E-state index in [2.05, 4.69) is 5.32 Å². The Morgan fingerprint density at radius 3 is 2.45 bits per heavy atom. The second kappa shape index (κ2) is 5.16. The Balaban J connectivity index is 2.43. The van der Waals surface area contributed by atoms with E-state index in [1.165, 1.54) is 24.9 Å². The van der Waals surface area contributed by atoms with Crippen LogP contribution in [0.2, 0.25) is 0 Å². The Bertz CT molecular complexity index is 787. The zero-order valence-corrected chi connectivity index (χ0v) is 11.5. The first-order chi connectivity index (χ1) is 9.41. The Morgan fingerprint density at radius 1 is 1.15 bits per heavy atom. The van der Waals surface area contributed by atoms with E-state index in [1.807, 2.05) is 19.1 Å². The molecule has 2 rings (SSSR count). The van der Waals surface area contributed by atoms with Gasteiger partial charge >= 0.3 is 5.69 Å². The molecule has 1 aromatic carbocycles. The number of aryl methyl sites for hydroxylation is 2. The van der Waals surface area contributed by atoms with Gasteiger partial charge in [0.15, 0.2) is 0 Å². The van der Waals surface area contributed by atoms with Gasteiger partial charge in [-0.2, -0.15) is 0 Å². The van der Waals surface area contributed by atoms with Crippen LogP contribution < -0.4 is 16.6 Å². The number of benzene rings is 1. The summed E-state index contributed by atoms with van der Waals surface area (Å²) in [6.45, 7) is 1.86. The van der Waals surface area contributed by atoms with Crippen LogP contribution in [0, 0.1) is 6.92 Å². The molecule has 6 heteroatoms. The topological polar surface area (TPSA) is 73.1 Å². The Kier molecular flexibility index (Phi) is 3.56. The summed E-state index contributed by atoms with van der Waals surface area (Å²) in [5, 5.41) is 2.67. The monoisotopic (exact) mass is 273 g/mol. The fourth-order valence-corrected chi connectivity index (χ4v) is 1.87. The SMILES string of the molecule is Cc1ccccc1NC(=O)c1cn(C)c(=O)n(C)c1=O. The highest BCUT2D eigenvalue weighted by atomic mass is 16.2. The first kappa shape index (κ1) is 13.8. The summed E-state index contributed by atoms with van der Waals surface area (Å²) < 4.78 is 2.11. The zero-order chi connectivity index (χ0) is 14.9. The molecule has 0 saturated carbocycles. The van der Waals surface area contributed by atoms with Crippen molar-refractivity contribution >= 4 is 11.6 Å². The van der Waals surface area contributed by atoms with E-state index in [-0.39, 0.29) is 5.56 Å². The summed E-state index contributed by atoms with van der Waals surface area (Å²) in [6, 6.07) is 7.26. The predicted octanol–water partition coefficient (Wildman–Crippen LogP) is 0.645. The quantitative estimate of drug-likeness (QED) is 0.873. The molecule has 20 heavy (non-hydrogen) atoms. The fraction of sp³-hybridized carbons (Fsp3) is 0.214. The minimum Gasteiger partial charge on any atom is -0.322 e. The molecule has 1 aromatic heterocycles. The number of carbonyl (C=O) groups is 1. The van der Waals surface area contributed by atoms with Gasteiger partial charge in [0.2, 0.25) is 0 Å². The lowest BCUT2D eigenvalue weighted by atomic mass is 10.2. The van der Waals surface area contributed by atoms with E-state index in [4.69, 9.17) is 0 Å². The molecule has 0 saturated heterocycles. The summed E-state index contributed by atoms with van der Waals surface area (Å²) in [4.78, 5) is 35.7. The molecule has 1 amide bonds. The lowest BCUT2D eigenvalue weighted by Gasteiger charge is -2.09. The van der Waals surface area contributed by atoms with E-state index in [1.54, 1.807) is 12.1 Å². The van der Waals surface area contributed by atoms with Crippen molar-refractivity contribution in [3.8, 4) is 0 Å². The van der Waals surface area contributed by atoms with Crippen molar-refractivity contribution in [1.82, 2.24) is 9.13 Å². The van der Waals surface area contributed by atoms with Crippen molar-refractivity contribution in [2.75, 3.05) is 5.32 Å². The molecule has 0 aliphatic heterocycles. The maximum Gasteiger partial charge on any atom is 0.330 e. The number of hydrogen-bond donors (Lipinski definition) is 1. The van der Waals surface area contributed by atoms with Crippen LogP contribution in [-0.2, 0) is 14.1 Å². The standard InChI is InChI=1S/C14H15N3O3/c1-9-6-4-5-7-11(9)15-12(18)10-8-16(2)14(20)17(3)13(10)19/h4-8H,1-3H3,(H,15,18). The fourth-order valence-electron chi connectivity index (χ4n) is 1.87. The summed E-state index contributed by atoms with van der Waals surface area (Å²) in [6.07, 6.45) is 1.25. The molecular formula is C14H15N3O3. The molecule has 0 fully saturated rings. The smallest absolute Gasteiger partial charge is 0.322 e. The Hall–Kier alpha value is -2.63. The molecule has 0 aliphatic rings. The van der Waals surface area contributed by atoms with Gasteiger partial charge in [0.1, 0.15) is 5.56 Å². The van der Waals surface area contributed by atoms with Crippen molar-refractivity contribution in [2.24, 2.45) is 14.1 Å². The van der Waals surface area contributed by atoms with Crippen LogP contribution in [0.1, 0.15) is 15.9 Å². The van der Waals surface area contributed by atoms with E-state index in [0.29, 0.717) is 5.69 Å². The number of rotatable bonds is 2. The largest absolute Gasteiger partial charge is 0.330 e. The molecule has 0 spiro atoms. The van der Waals surface area contributed by atoms with Gasteiger partial charge in [-0.05, 0) is 18.6 Å². The number of nitrogens with one attached hydrogen (secondary N) is 1. The first-order valence-corrected chi connectivity index (χ1v) is 6.05. The number of aromatic nitrogens is 2. The molecular weight excluding hydrogens is 258 g/mol. The second-order valence-electron chi connectivity index (χ2n) is 4.57. The number of nitrogens with zero attached hydrogens (tertiary/aromatic N) is 2. The van der Waals surface area contributed by atoms with Gasteiger partial charge < -0.3 is 9.88 Å². The van der Waals surface area contributed by atoms with Gasteiger partial charge in [-0.15, -0.1) is 0 Å². The number of para-hydroxylation sites is 1. The maximum atomic E-state index is 12.2. The van der Waals surface area contributed by atoms with Crippen molar-refractivity contribution in [3.05, 3.63) is 62.4 Å². The molecule has 0 atom stereocenters. The van der Waals surface area contributed by atoms with Gasteiger partial charge in [0, 0.05) is 26.0 Å². The van der Waals surface area contributed by atoms with E-state index >= 15 is 0 Å². The summed E-state index contributed by atoms with van der Waals surface area (Å²) in [5.74, 6) is -0.532. The van der Waals surface area contributed by atoms with Gasteiger partial charge in [-0.25, -0.2) is 4.79 Å². The lowest BCUT2D eigenvalue weighted by molar-refractivity contribution is 0.102. The molecule has 1 N–H and O–H groups in total. The minimum absolute atomic E-state index is 0.0714. The van der Waals surface area contributed by atoms with Crippen LogP contribution in [0.4, 0.5) is 5.69 Å². The molecule has 104 valence electrons. The summed E-state index contributed by atoms with van der Waals surface area (Å²) in [7, 11) is 2.83. The van der Waals surface area contributed by atoms with Crippen LogP contribution in [0.25, 0.3) is 0 Å². The first-order valence-electron chi connectivity index (χ1n) is 6.05. The highest BCUT2D eigenvalue weighted by molar-refractivity contribution is 6.04. The van der Waals surface area contributed by atoms with E-state index < -0.39 is 17.2 Å². The number of carbonyl (C=O) groups excluding carboxylic acids is 1. The summed E-state index contributed by atoms with van der Waals surface area (Å²) >= 11 is 0. The lowest BCUT2D eigenvalue weighted by Crippen LogP contribution is -2.40. The average Bonchev–Trinajstić information content (AvgIpc) is 2.43. The second-order valence-corrected chi connectivity index (χ2v) is 4.57. The number of anilines is 1. The van der Waals surface area contributed by atoms with Gasteiger partial charge in [0.25, 0.3) is 11.5 Å². The Labute approximate surface area is 115 Å². The van der Waals surface area contributed by atoms with Gasteiger partial charge in [-0.3, -0.25) is 14.2 Å². The highest BCUT2D eigenvalue weighted by Gasteiger charge is 2.15. The summed E-state index contributed by atoms with van der Waals surface area (Å²) in [5.41, 5.74) is 0.371.